The third kappa shape index (κ3) is 3.26. The van der Waals surface area contributed by atoms with Crippen LogP contribution in [0.25, 0.3) is 20.7 Å². The molecule has 0 spiro atoms. The Hall–Kier alpha value is -2.02. The van der Waals surface area contributed by atoms with Gasteiger partial charge in [-0.2, -0.15) is 0 Å². The van der Waals surface area contributed by atoms with Crippen molar-refractivity contribution in [2.45, 2.75) is 13.0 Å². The SMILES string of the molecule is Cc1nc(NC[C@H]2COCCO2)c2cc(-c3ccccc3)sc2n1. The van der Waals surface area contributed by atoms with Gasteiger partial charge in [0.05, 0.1) is 31.3 Å². The minimum atomic E-state index is 0.0660. The summed E-state index contributed by atoms with van der Waals surface area (Å²) in [5, 5.41) is 4.47. The zero-order valence-corrected chi connectivity index (χ0v) is 14.3. The average Bonchev–Trinajstić information content (AvgIpc) is 3.05. The number of nitrogens with zero attached hydrogens (tertiary/aromatic N) is 2. The first-order valence-corrected chi connectivity index (χ1v) is 8.88. The fraction of sp³-hybridized carbons (Fsp3) is 0.333. The van der Waals surface area contributed by atoms with Crippen LogP contribution in [0.15, 0.2) is 36.4 Å². The van der Waals surface area contributed by atoms with Crippen LogP contribution in [0, 0.1) is 6.92 Å². The molecule has 5 nitrogen and oxygen atoms in total. The van der Waals surface area contributed by atoms with Crippen LogP contribution < -0.4 is 5.32 Å². The first kappa shape index (κ1) is 15.5. The standard InChI is InChI=1S/C18H19N3O2S/c1-12-20-17(19-10-14-11-22-7-8-23-14)15-9-16(24-18(15)21-12)13-5-3-2-4-6-13/h2-6,9,14H,7-8,10-11H2,1H3,(H,19,20,21)/t14-/m0/s1. The number of ether oxygens (including phenoxy) is 2. The molecule has 1 aliphatic rings. The summed E-state index contributed by atoms with van der Waals surface area (Å²) < 4.78 is 11.1. The molecule has 0 saturated carbocycles. The summed E-state index contributed by atoms with van der Waals surface area (Å²) in [4.78, 5) is 11.4. The second kappa shape index (κ2) is 6.84. The topological polar surface area (TPSA) is 56.3 Å². The highest BCUT2D eigenvalue weighted by molar-refractivity contribution is 7.21. The van der Waals surface area contributed by atoms with Gasteiger partial charge in [-0.3, -0.25) is 0 Å². The van der Waals surface area contributed by atoms with Gasteiger partial charge < -0.3 is 14.8 Å². The van der Waals surface area contributed by atoms with Crippen molar-refractivity contribution < 1.29 is 9.47 Å². The molecule has 3 heterocycles. The molecule has 1 fully saturated rings. The highest BCUT2D eigenvalue weighted by Gasteiger charge is 2.16. The molecular formula is C18H19N3O2S. The Bertz CT molecular complexity index is 829. The lowest BCUT2D eigenvalue weighted by atomic mass is 10.2. The number of aromatic nitrogens is 2. The van der Waals surface area contributed by atoms with Gasteiger partial charge in [0, 0.05) is 11.4 Å². The van der Waals surface area contributed by atoms with Crippen LogP contribution in [-0.4, -0.2) is 42.4 Å². The molecule has 0 aliphatic carbocycles. The summed E-state index contributed by atoms with van der Waals surface area (Å²) in [6.45, 7) is 4.56. The van der Waals surface area contributed by atoms with Crippen molar-refractivity contribution in [3.63, 3.8) is 0 Å². The van der Waals surface area contributed by atoms with E-state index in [9.17, 15) is 0 Å². The molecular weight excluding hydrogens is 322 g/mol. The number of benzene rings is 1. The number of thiophene rings is 1. The van der Waals surface area contributed by atoms with Crippen LogP contribution in [0.2, 0.25) is 0 Å². The summed E-state index contributed by atoms with van der Waals surface area (Å²) in [6, 6.07) is 12.5. The van der Waals surface area contributed by atoms with E-state index in [0.29, 0.717) is 26.4 Å². The Morgan fingerprint density at radius 1 is 1.21 bits per heavy atom. The molecule has 2 aromatic heterocycles. The van der Waals surface area contributed by atoms with Crippen molar-refractivity contribution in [1.29, 1.82) is 0 Å². The van der Waals surface area contributed by atoms with E-state index >= 15 is 0 Å². The average molecular weight is 341 g/mol. The van der Waals surface area contributed by atoms with E-state index in [0.717, 1.165) is 21.9 Å². The van der Waals surface area contributed by atoms with Crippen LogP contribution in [0.3, 0.4) is 0 Å². The predicted molar refractivity (Wildman–Crippen MR) is 96.6 cm³/mol. The lowest BCUT2D eigenvalue weighted by Crippen LogP contribution is -2.34. The predicted octanol–water partition coefficient (Wildman–Crippen LogP) is 3.49. The smallest absolute Gasteiger partial charge is 0.138 e. The highest BCUT2D eigenvalue weighted by Crippen LogP contribution is 2.35. The van der Waals surface area contributed by atoms with Crippen LogP contribution in [0.4, 0.5) is 5.82 Å². The number of aryl methyl sites for hydroxylation is 1. The molecule has 4 rings (SSSR count). The maximum absolute atomic E-state index is 5.69. The molecule has 124 valence electrons. The number of anilines is 1. The monoisotopic (exact) mass is 341 g/mol. The van der Waals surface area contributed by atoms with Crippen LogP contribution in [0.1, 0.15) is 5.82 Å². The number of fused-ring (bicyclic) bond motifs is 1. The van der Waals surface area contributed by atoms with E-state index in [2.05, 4.69) is 45.6 Å². The zero-order chi connectivity index (χ0) is 16.4. The van der Waals surface area contributed by atoms with Gasteiger partial charge in [-0.25, -0.2) is 9.97 Å². The van der Waals surface area contributed by atoms with Gasteiger partial charge in [-0.1, -0.05) is 30.3 Å². The number of rotatable bonds is 4. The molecule has 6 heteroatoms. The minimum Gasteiger partial charge on any atom is -0.376 e. The van der Waals surface area contributed by atoms with E-state index in [1.54, 1.807) is 11.3 Å². The van der Waals surface area contributed by atoms with Crippen LogP contribution >= 0.6 is 11.3 Å². The fourth-order valence-electron chi connectivity index (χ4n) is 2.77. The Morgan fingerprint density at radius 2 is 2.08 bits per heavy atom. The van der Waals surface area contributed by atoms with Crippen LogP contribution in [-0.2, 0) is 9.47 Å². The molecule has 1 atom stereocenters. The largest absolute Gasteiger partial charge is 0.376 e. The third-order valence-electron chi connectivity index (χ3n) is 3.94. The molecule has 1 N–H and O–H groups in total. The molecule has 1 saturated heterocycles. The van der Waals surface area contributed by atoms with Crippen molar-refractivity contribution >= 4 is 27.4 Å². The van der Waals surface area contributed by atoms with E-state index < -0.39 is 0 Å². The molecule has 1 aliphatic heterocycles. The van der Waals surface area contributed by atoms with Gasteiger partial charge in [-0.05, 0) is 18.6 Å². The van der Waals surface area contributed by atoms with Gasteiger partial charge >= 0.3 is 0 Å². The Kier molecular flexibility index (Phi) is 4.42. The summed E-state index contributed by atoms with van der Waals surface area (Å²) in [5.41, 5.74) is 1.20. The number of nitrogens with one attached hydrogen (secondary N) is 1. The summed E-state index contributed by atoms with van der Waals surface area (Å²) in [5.74, 6) is 1.64. The van der Waals surface area contributed by atoms with Gasteiger partial charge in [0.25, 0.3) is 0 Å². The first-order valence-electron chi connectivity index (χ1n) is 8.06. The van der Waals surface area contributed by atoms with Crippen LogP contribution in [0.5, 0.6) is 0 Å². The third-order valence-corrected chi connectivity index (χ3v) is 5.02. The Balaban J connectivity index is 1.63. The number of hydrogen-bond donors (Lipinski definition) is 1. The minimum absolute atomic E-state index is 0.0660. The molecule has 0 radical (unpaired) electrons. The van der Waals surface area contributed by atoms with Crippen molar-refractivity contribution in [3.8, 4) is 10.4 Å². The summed E-state index contributed by atoms with van der Waals surface area (Å²) >= 11 is 1.69. The van der Waals surface area contributed by atoms with Gasteiger partial charge in [-0.15, -0.1) is 11.3 Å². The first-order chi connectivity index (χ1) is 11.8. The summed E-state index contributed by atoms with van der Waals surface area (Å²) in [7, 11) is 0. The maximum Gasteiger partial charge on any atom is 0.138 e. The molecule has 3 aromatic rings. The molecule has 24 heavy (non-hydrogen) atoms. The van der Waals surface area contributed by atoms with E-state index in [1.165, 1.54) is 10.4 Å². The van der Waals surface area contributed by atoms with Gasteiger partial charge in [0.15, 0.2) is 0 Å². The van der Waals surface area contributed by atoms with E-state index in [-0.39, 0.29) is 6.10 Å². The second-order valence-electron chi connectivity index (χ2n) is 5.76. The normalized spacial score (nSPS) is 18.0. The lowest BCUT2D eigenvalue weighted by Gasteiger charge is -2.23. The Morgan fingerprint density at radius 3 is 2.88 bits per heavy atom. The highest BCUT2D eigenvalue weighted by atomic mass is 32.1. The lowest BCUT2D eigenvalue weighted by molar-refractivity contribution is -0.0819. The van der Waals surface area contributed by atoms with Crippen molar-refractivity contribution in [3.05, 3.63) is 42.2 Å². The Labute approximate surface area is 144 Å². The van der Waals surface area contributed by atoms with E-state index in [1.807, 2.05) is 13.0 Å². The van der Waals surface area contributed by atoms with E-state index in [4.69, 9.17) is 9.47 Å². The molecule has 1 aromatic carbocycles. The van der Waals surface area contributed by atoms with Crippen molar-refractivity contribution in [1.82, 2.24) is 9.97 Å². The van der Waals surface area contributed by atoms with Crippen molar-refractivity contribution in [2.75, 3.05) is 31.7 Å². The molecule has 0 unspecified atom stereocenters. The summed E-state index contributed by atoms with van der Waals surface area (Å²) in [6.07, 6.45) is 0.0660. The maximum atomic E-state index is 5.69. The number of hydrogen-bond acceptors (Lipinski definition) is 6. The molecule has 0 bridgehead atoms. The second-order valence-corrected chi connectivity index (χ2v) is 6.79. The van der Waals surface area contributed by atoms with Gasteiger partial charge in [0.2, 0.25) is 0 Å². The molecule has 0 amide bonds. The van der Waals surface area contributed by atoms with Gasteiger partial charge in [0.1, 0.15) is 16.5 Å². The quantitative estimate of drug-likeness (QED) is 0.787. The van der Waals surface area contributed by atoms with Crippen molar-refractivity contribution in [2.24, 2.45) is 0 Å². The zero-order valence-electron chi connectivity index (χ0n) is 13.5. The fourth-order valence-corrected chi connectivity index (χ4v) is 3.85.